The summed E-state index contributed by atoms with van der Waals surface area (Å²) in [5.41, 5.74) is 1.73. The standard InChI is InChI=1S/C17H15F2NO2/c1-22-16-9-11-6-7-20(10-12(11)8-15(16)19)17(21)13-4-2-3-5-14(13)18/h2-5,8-9H,6-7,10H2,1H3. The van der Waals surface area contributed by atoms with E-state index in [1.165, 1.54) is 30.2 Å². The number of carbonyl (C=O) groups is 1. The second kappa shape index (κ2) is 5.75. The first-order chi connectivity index (χ1) is 10.6. The predicted molar refractivity (Wildman–Crippen MR) is 77.8 cm³/mol. The highest BCUT2D eigenvalue weighted by Crippen LogP contribution is 2.27. The van der Waals surface area contributed by atoms with Crippen LogP contribution in [0.1, 0.15) is 21.5 Å². The van der Waals surface area contributed by atoms with Crippen molar-refractivity contribution in [3.8, 4) is 5.75 Å². The summed E-state index contributed by atoms with van der Waals surface area (Å²) in [4.78, 5) is 13.9. The van der Waals surface area contributed by atoms with E-state index in [2.05, 4.69) is 0 Å². The van der Waals surface area contributed by atoms with Crippen LogP contribution in [0.2, 0.25) is 0 Å². The maximum atomic E-state index is 13.8. The van der Waals surface area contributed by atoms with Crippen molar-refractivity contribution in [2.45, 2.75) is 13.0 Å². The van der Waals surface area contributed by atoms with Crippen molar-refractivity contribution >= 4 is 5.91 Å². The molecule has 5 heteroatoms. The molecule has 2 aromatic rings. The van der Waals surface area contributed by atoms with Gasteiger partial charge in [-0.05, 0) is 41.8 Å². The molecule has 1 heterocycles. The van der Waals surface area contributed by atoms with Crippen molar-refractivity contribution in [2.75, 3.05) is 13.7 Å². The number of benzene rings is 2. The summed E-state index contributed by atoms with van der Waals surface area (Å²) in [6, 6.07) is 8.93. The van der Waals surface area contributed by atoms with E-state index >= 15 is 0 Å². The van der Waals surface area contributed by atoms with Crippen molar-refractivity contribution in [1.29, 1.82) is 0 Å². The molecule has 1 amide bonds. The number of nitrogens with zero attached hydrogens (tertiary/aromatic N) is 1. The Balaban J connectivity index is 1.87. The molecular weight excluding hydrogens is 288 g/mol. The number of rotatable bonds is 2. The first-order valence-corrected chi connectivity index (χ1v) is 6.99. The molecule has 0 saturated carbocycles. The van der Waals surface area contributed by atoms with Gasteiger partial charge in [0.15, 0.2) is 11.6 Å². The summed E-state index contributed by atoms with van der Waals surface area (Å²) in [6.07, 6.45) is 0.589. The third-order valence-corrected chi connectivity index (χ3v) is 3.88. The Hall–Kier alpha value is -2.43. The molecule has 3 nitrogen and oxygen atoms in total. The lowest BCUT2D eigenvalue weighted by atomic mass is 9.98. The van der Waals surface area contributed by atoms with Gasteiger partial charge in [-0.3, -0.25) is 4.79 Å². The SMILES string of the molecule is COc1cc2c(cc1F)CN(C(=O)c1ccccc1F)CC2. The van der Waals surface area contributed by atoms with Gasteiger partial charge in [0.1, 0.15) is 5.82 Å². The lowest BCUT2D eigenvalue weighted by Crippen LogP contribution is -2.36. The van der Waals surface area contributed by atoms with E-state index in [9.17, 15) is 13.6 Å². The smallest absolute Gasteiger partial charge is 0.257 e. The minimum Gasteiger partial charge on any atom is -0.494 e. The van der Waals surface area contributed by atoms with Gasteiger partial charge in [-0.2, -0.15) is 0 Å². The highest BCUT2D eigenvalue weighted by molar-refractivity contribution is 5.94. The number of methoxy groups -OCH3 is 1. The molecule has 22 heavy (non-hydrogen) atoms. The molecule has 3 rings (SSSR count). The van der Waals surface area contributed by atoms with Gasteiger partial charge in [-0.25, -0.2) is 8.78 Å². The Bertz CT molecular complexity index is 731. The number of carbonyl (C=O) groups excluding carboxylic acids is 1. The quantitative estimate of drug-likeness (QED) is 0.853. The molecule has 0 saturated heterocycles. The zero-order valence-electron chi connectivity index (χ0n) is 12.1. The number of amides is 1. The topological polar surface area (TPSA) is 29.5 Å². The molecule has 0 unspecified atom stereocenters. The number of fused-ring (bicyclic) bond motifs is 1. The van der Waals surface area contributed by atoms with E-state index in [1.807, 2.05) is 0 Å². The van der Waals surface area contributed by atoms with Crippen LogP contribution in [-0.2, 0) is 13.0 Å². The van der Waals surface area contributed by atoms with Crippen LogP contribution < -0.4 is 4.74 Å². The van der Waals surface area contributed by atoms with E-state index in [0.29, 0.717) is 13.0 Å². The highest BCUT2D eigenvalue weighted by Gasteiger charge is 2.24. The summed E-state index contributed by atoms with van der Waals surface area (Å²) < 4.78 is 32.5. The molecule has 0 aliphatic carbocycles. The number of halogens is 2. The Morgan fingerprint density at radius 1 is 1.14 bits per heavy atom. The van der Waals surface area contributed by atoms with Crippen molar-refractivity contribution in [2.24, 2.45) is 0 Å². The largest absolute Gasteiger partial charge is 0.494 e. The average Bonchev–Trinajstić information content (AvgIpc) is 2.53. The third kappa shape index (κ3) is 2.54. The molecule has 1 aliphatic heterocycles. The molecule has 1 aliphatic rings. The second-order valence-electron chi connectivity index (χ2n) is 5.21. The van der Waals surface area contributed by atoms with Gasteiger partial charge < -0.3 is 9.64 Å². The van der Waals surface area contributed by atoms with Crippen LogP contribution in [0.15, 0.2) is 36.4 Å². The number of hydrogen-bond acceptors (Lipinski definition) is 2. The van der Waals surface area contributed by atoms with Gasteiger partial charge in [0.05, 0.1) is 12.7 Å². The summed E-state index contributed by atoms with van der Waals surface area (Å²) in [6.45, 7) is 0.734. The van der Waals surface area contributed by atoms with E-state index in [1.54, 1.807) is 18.2 Å². The van der Waals surface area contributed by atoms with Crippen LogP contribution in [-0.4, -0.2) is 24.5 Å². The normalized spacial score (nSPS) is 13.7. The number of ether oxygens (including phenoxy) is 1. The third-order valence-electron chi connectivity index (χ3n) is 3.88. The van der Waals surface area contributed by atoms with E-state index in [0.717, 1.165) is 11.1 Å². The van der Waals surface area contributed by atoms with E-state index < -0.39 is 11.6 Å². The summed E-state index contributed by atoms with van der Waals surface area (Å²) >= 11 is 0. The summed E-state index contributed by atoms with van der Waals surface area (Å²) in [7, 11) is 1.42. The maximum absolute atomic E-state index is 13.8. The Kier molecular flexibility index (Phi) is 3.79. The first kappa shape index (κ1) is 14.5. The van der Waals surface area contributed by atoms with Crippen LogP contribution in [0.25, 0.3) is 0 Å². The first-order valence-electron chi connectivity index (χ1n) is 6.99. The van der Waals surface area contributed by atoms with Crippen molar-refractivity contribution in [1.82, 2.24) is 4.90 Å². The summed E-state index contributed by atoms with van der Waals surface area (Å²) in [5.74, 6) is -1.17. The fourth-order valence-electron chi connectivity index (χ4n) is 2.69. The van der Waals surface area contributed by atoms with Crippen molar-refractivity contribution in [3.63, 3.8) is 0 Å². The van der Waals surface area contributed by atoms with Gasteiger partial charge >= 0.3 is 0 Å². The van der Waals surface area contributed by atoms with E-state index in [-0.39, 0.29) is 23.8 Å². The predicted octanol–water partition coefficient (Wildman–Crippen LogP) is 3.17. The molecule has 0 atom stereocenters. The molecule has 0 bridgehead atoms. The Labute approximate surface area is 127 Å². The molecule has 2 aromatic carbocycles. The lowest BCUT2D eigenvalue weighted by molar-refractivity contribution is 0.0729. The molecule has 0 aromatic heterocycles. The molecular formula is C17H15F2NO2. The Morgan fingerprint density at radius 2 is 1.91 bits per heavy atom. The van der Waals surface area contributed by atoms with Gasteiger partial charge in [0.25, 0.3) is 5.91 Å². The molecule has 0 spiro atoms. The van der Waals surface area contributed by atoms with Gasteiger partial charge in [0.2, 0.25) is 0 Å². The summed E-state index contributed by atoms with van der Waals surface area (Å²) in [5, 5.41) is 0. The lowest BCUT2D eigenvalue weighted by Gasteiger charge is -2.29. The average molecular weight is 303 g/mol. The minimum atomic E-state index is -0.542. The molecule has 0 fully saturated rings. The fraction of sp³-hybridized carbons (Fsp3) is 0.235. The van der Waals surface area contributed by atoms with Gasteiger partial charge in [0, 0.05) is 13.1 Å². The van der Waals surface area contributed by atoms with Crippen LogP contribution in [0.5, 0.6) is 5.75 Å². The zero-order valence-corrected chi connectivity index (χ0v) is 12.1. The monoisotopic (exact) mass is 303 g/mol. The molecule has 114 valence electrons. The number of hydrogen-bond donors (Lipinski definition) is 0. The van der Waals surface area contributed by atoms with Crippen LogP contribution in [0.4, 0.5) is 8.78 Å². The zero-order chi connectivity index (χ0) is 15.7. The maximum Gasteiger partial charge on any atom is 0.257 e. The van der Waals surface area contributed by atoms with Crippen LogP contribution in [0, 0.1) is 11.6 Å². The highest BCUT2D eigenvalue weighted by atomic mass is 19.1. The van der Waals surface area contributed by atoms with Crippen LogP contribution in [0.3, 0.4) is 0 Å². The van der Waals surface area contributed by atoms with Crippen molar-refractivity contribution < 1.29 is 18.3 Å². The molecule has 0 radical (unpaired) electrons. The molecule has 0 N–H and O–H groups in total. The second-order valence-corrected chi connectivity index (χ2v) is 5.21. The fourth-order valence-corrected chi connectivity index (χ4v) is 2.69. The van der Waals surface area contributed by atoms with E-state index in [4.69, 9.17) is 4.74 Å². The van der Waals surface area contributed by atoms with Gasteiger partial charge in [-0.1, -0.05) is 12.1 Å². The Morgan fingerprint density at radius 3 is 2.64 bits per heavy atom. The van der Waals surface area contributed by atoms with Gasteiger partial charge in [-0.15, -0.1) is 0 Å². The van der Waals surface area contributed by atoms with Crippen molar-refractivity contribution in [3.05, 3.63) is 64.7 Å². The van der Waals surface area contributed by atoms with Crippen LogP contribution >= 0.6 is 0 Å². The minimum absolute atomic E-state index is 0.0416.